The summed E-state index contributed by atoms with van der Waals surface area (Å²) in [5, 5.41) is 15.9. The number of phenols is 1. The zero-order chi connectivity index (χ0) is 23.4. The van der Waals surface area contributed by atoms with Crippen molar-refractivity contribution in [1.29, 1.82) is 0 Å². The van der Waals surface area contributed by atoms with Gasteiger partial charge < -0.3 is 9.84 Å². The third kappa shape index (κ3) is 5.80. The predicted octanol–water partition coefficient (Wildman–Crippen LogP) is 6.24. The Balaban J connectivity index is 1.44. The molecule has 0 aliphatic heterocycles. The van der Waals surface area contributed by atoms with Crippen molar-refractivity contribution in [2.75, 3.05) is 0 Å². The van der Waals surface area contributed by atoms with E-state index in [0.29, 0.717) is 5.75 Å². The van der Waals surface area contributed by atoms with Gasteiger partial charge in [-0.15, -0.1) is 0 Å². The lowest BCUT2D eigenvalue weighted by Crippen LogP contribution is -2.17. The van der Waals surface area contributed by atoms with Gasteiger partial charge in [0.05, 0.1) is 18.9 Å². The first-order valence-corrected chi connectivity index (χ1v) is 12.0. The van der Waals surface area contributed by atoms with Crippen molar-refractivity contribution < 1.29 is 19.0 Å². The summed E-state index contributed by atoms with van der Waals surface area (Å²) in [6, 6.07) is 20.7. The van der Waals surface area contributed by atoms with Gasteiger partial charge in [-0.05, 0) is 103 Å². The number of aromatic hydroxyl groups is 1. The second-order valence-corrected chi connectivity index (χ2v) is 9.47. The molecule has 0 spiro atoms. The quantitative estimate of drug-likeness (QED) is 0.146. The summed E-state index contributed by atoms with van der Waals surface area (Å²) < 4.78 is 21.0. The van der Waals surface area contributed by atoms with Gasteiger partial charge >= 0.3 is 0 Å². The van der Waals surface area contributed by atoms with Crippen molar-refractivity contribution in [2.24, 2.45) is 5.10 Å². The fraction of sp³-hybridized carbons (Fsp3) is 0.0400. The highest BCUT2D eigenvalue weighted by molar-refractivity contribution is 14.1. The summed E-state index contributed by atoms with van der Waals surface area (Å²) in [4.78, 5) is 12.5. The Labute approximate surface area is 216 Å². The Morgan fingerprint density at radius 1 is 1.00 bits per heavy atom. The van der Waals surface area contributed by atoms with E-state index in [4.69, 9.17) is 4.74 Å². The van der Waals surface area contributed by atoms with Crippen molar-refractivity contribution in [2.45, 2.75) is 6.61 Å². The van der Waals surface area contributed by atoms with Crippen LogP contribution in [0.2, 0.25) is 0 Å². The maximum absolute atomic E-state index is 13.4. The number of benzene rings is 4. The summed E-state index contributed by atoms with van der Waals surface area (Å²) in [7, 11) is 0. The van der Waals surface area contributed by atoms with E-state index >= 15 is 0 Å². The van der Waals surface area contributed by atoms with Gasteiger partial charge in [0.15, 0.2) is 0 Å². The number of halogens is 3. The molecule has 0 aliphatic carbocycles. The number of carbonyl (C=O) groups is 1. The molecule has 33 heavy (non-hydrogen) atoms. The first-order valence-electron chi connectivity index (χ1n) is 9.82. The smallest absolute Gasteiger partial charge is 0.275 e. The number of hydrogen-bond acceptors (Lipinski definition) is 4. The second kappa shape index (κ2) is 10.5. The van der Waals surface area contributed by atoms with Gasteiger partial charge in [-0.3, -0.25) is 4.79 Å². The van der Waals surface area contributed by atoms with Crippen LogP contribution < -0.4 is 10.2 Å². The van der Waals surface area contributed by atoms with Crippen LogP contribution >= 0.6 is 45.2 Å². The van der Waals surface area contributed by atoms with Crippen molar-refractivity contribution in [3.8, 4) is 11.5 Å². The number of nitrogens with one attached hydrogen (secondary N) is 1. The maximum atomic E-state index is 13.4. The van der Waals surface area contributed by atoms with E-state index in [0.717, 1.165) is 29.0 Å². The molecule has 4 aromatic carbocycles. The topological polar surface area (TPSA) is 70.9 Å². The Kier molecular flexibility index (Phi) is 7.43. The Bertz CT molecular complexity index is 1350. The summed E-state index contributed by atoms with van der Waals surface area (Å²) in [6.07, 6.45) is 1.52. The molecule has 0 heterocycles. The molecule has 0 aliphatic rings. The number of nitrogens with zero attached hydrogens (tertiary/aromatic N) is 1. The lowest BCUT2D eigenvalue weighted by atomic mass is 10.1. The van der Waals surface area contributed by atoms with Crippen LogP contribution in [0.15, 0.2) is 77.9 Å². The normalized spacial score (nSPS) is 11.1. The molecule has 0 aromatic heterocycles. The summed E-state index contributed by atoms with van der Waals surface area (Å²) in [5.74, 6) is -0.215. The summed E-state index contributed by atoms with van der Waals surface area (Å²) in [6.45, 7) is 0.252. The van der Waals surface area contributed by atoms with Crippen LogP contribution in [0.1, 0.15) is 21.5 Å². The maximum Gasteiger partial charge on any atom is 0.275 e. The Morgan fingerprint density at radius 2 is 1.70 bits per heavy atom. The predicted molar refractivity (Wildman–Crippen MR) is 143 cm³/mol. The van der Waals surface area contributed by atoms with E-state index in [1.54, 1.807) is 24.3 Å². The first kappa shape index (κ1) is 23.4. The van der Waals surface area contributed by atoms with Crippen LogP contribution in [-0.4, -0.2) is 17.2 Å². The highest BCUT2D eigenvalue weighted by atomic mass is 127. The minimum absolute atomic E-state index is 0.106. The molecule has 0 unspecified atom stereocenters. The SMILES string of the molecule is O=C(NN=Cc1cc(I)c(OCc2cccc(F)c2)c(I)c1)c1cc2ccccc2cc1O. The summed E-state index contributed by atoms with van der Waals surface area (Å²) in [5.41, 5.74) is 4.12. The average Bonchev–Trinajstić information content (AvgIpc) is 2.78. The van der Waals surface area contributed by atoms with Crippen LogP contribution in [0, 0.1) is 13.0 Å². The summed E-state index contributed by atoms with van der Waals surface area (Å²) >= 11 is 4.32. The van der Waals surface area contributed by atoms with Crippen molar-refractivity contribution in [3.05, 3.63) is 102 Å². The van der Waals surface area contributed by atoms with Crippen LogP contribution in [0.5, 0.6) is 11.5 Å². The molecule has 0 bridgehead atoms. The van der Waals surface area contributed by atoms with Gasteiger partial charge in [0.25, 0.3) is 5.91 Å². The van der Waals surface area contributed by atoms with Gasteiger partial charge in [0.1, 0.15) is 23.9 Å². The van der Waals surface area contributed by atoms with Gasteiger partial charge in [-0.25, -0.2) is 9.82 Å². The van der Waals surface area contributed by atoms with Gasteiger partial charge in [0, 0.05) is 0 Å². The van der Waals surface area contributed by atoms with Crippen LogP contribution in [0.25, 0.3) is 10.8 Å². The molecule has 8 heteroatoms. The third-order valence-electron chi connectivity index (χ3n) is 4.78. The second-order valence-electron chi connectivity index (χ2n) is 7.15. The zero-order valence-electron chi connectivity index (χ0n) is 17.1. The molecule has 166 valence electrons. The number of fused-ring (bicyclic) bond motifs is 1. The van der Waals surface area contributed by atoms with Crippen molar-refractivity contribution in [1.82, 2.24) is 5.43 Å². The lowest BCUT2D eigenvalue weighted by Gasteiger charge is -2.11. The van der Waals surface area contributed by atoms with E-state index in [9.17, 15) is 14.3 Å². The molecule has 0 fully saturated rings. The minimum Gasteiger partial charge on any atom is -0.507 e. The number of rotatable bonds is 6. The van der Waals surface area contributed by atoms with Crippen LogP contribution in [-0.2, 0) is 6.61 Å². The number of hydrazone groups is 1. The average molecular weight is 666 g/mol. The standard InChI is InChI=1S/C25H17FI2N2O3/c26-19-7-3-4-15(8-19)14-33-24-21(27)9-16(10-22(24)28)13-29-30-25(32)20-11-17-5-1-2-6-18(17)12-23(20)31/h1-13,31H,14H2,(H,30,32). The molecule has 4 rings (SSSR count). The molecular weight excluding hydrogens is 649 g/mol. The van der Waals surface area contributed by atoms with Crippen LogP contribution in [0.4, 0.5) is 4.39 Å². The van der Waals surface area contributed by atoms with Crippen molar-refractivity contribution >= 4 is 68.1 Å². The van der Waals surface area contributed by atoms with E-state index in [2.05, 4.69) is 55.7 Å². The molecule has 5 nitrogen and oxygen atoms in total. The Morgan fingerprint density at radius 3 is 2.39 bits per heavy atom. The van der Waals surface area contributed by atoms with E-state index < -0.39 is 5.91 Å². The number of carbonyl (C=O) groups excluding carboxylic acids is 1. The number of ether oxygens (including phenoxy) is 1. The highest BCUT2D eigenvalue weighted by Gasteiger charge is 2.12. The Hall–Kier alpha value is -2.73. The lowest BCUT2D eigenvalue weighted by molar-refractivity contribution is 0.0952. The fourth-order valence-electron chi connectivity index (χ4n) is 3.21. The van der Waals surface area contributed by atoms with Crippen molar-refractivity contribution in [3.63, 3.8) is 0 Å². The molecule has 2 N–H and O–H groups in total. The highest BCUT2D eigenvalue weighted by Crippen LogP contribution is 2.29. The van der Waals surface area contributed by atoms with E-state index in [1.165, 1.54) is 18.3 Å². The number of hydrogen-bond donors (Lipinski definition) is 2. The molecule has 1 amide bonds. The van der Waals surface area contributed by atoms with E-state index in [1.807, 2.05) is 36.4 Å². The van der Waals surface area contributed by atoms with Gasteiger partial charge in [0.2, 0.25) is 0 Å². The van der Waals surface area contributed by atoms with Gasteiger partial charge in [-0.1, -0.05) is 36.4 Å². The monoisotopic (exact) mass is 666 g/mol. The molecular formula is C25H17FI2N2O3. The molecule has 0 saturated heterocycles. The number of phenolic OH excluding ortho intramolecular Hbond substituents is 1. The molecule has 0 atom stereocenters. The molecule has 4 aromatic rings. The van der Waals surface area contributed by atoms with E-state index in [-0.39, 0.29) is 23.7 Å². The number of amides is 1. The zero-order valence-corrected chi connectivity index (χ0v) is 21.4. The molecule has 0 radical (unpaired) electrons. The first-order chi connectivity index (χ1) is 15.9. The van der Waals surface area contributed by atoms with Crippen LogP contribution in [0.3, 0.4) is 0 Å². The largest absolute Gasteiger partial charge is 0.507 e. The molecule has 0 saturated carbocycles. The van der Waals surface area contributed by atoms with Gasteiger partial charge in [-0.2, -0.15) is 5.10 Å². The third-order valence-corrected chi connectivity index (χ3v) is 6.38. The minimum atomic E-state index is -0.506. The fourth-order valence-corrected chi connectivity index (χ4v) is 5.34.